The molecule has 14 heteroatoms. The van der Waals surface area contributed by atoms with Gasteiger partial charge >= 0.3 is 12.1 Å². The zero-order valence-corrected chi connectivity index (χ0v) is 28.9. The molecule has 0 aliphatic heterocycles. The second-order valence-corrected chi connectivity index (χ2v) is 12.1. The van der Waals surface area contributed by atoms with Crippen molar-refractivity contribution in [2.24, 2.45) is 0 Å². The van der Waals surface area contributed by atoms with Crippen molar-refractivity contribution in [2.45, 2.75) is 71.5 Å². The summed E-state index contributed by atoms with van der Waals surface area (Å²) < 4.78 is 12.9. The van der Waals surface area contributed by atoms with Crippen LogP contribution < -0.4 is 21.4 Å². The minimum Gasteiger partial charge on any atom is -0.465 e. The van der Waals surface area contributed by atoms with Gasteiger partial charge in [0, 0.05) is 44.6 Å². The van der Waals surface area contributed by atoms with Crippen LogP contribution in [0.25, 0.3) is 10.1 Å². The molecule has 262 valence electrons. The maximum Gasteiger partial charge on any atom is 0.404 e. The fraction of sp³-hybridized carbons (Fsp3) is 0.471. The summed E-state index contributed by atoms with van der Waals surface area (Å²) in [4.78, 5) is 52.8. The lowest BCUT2D eigenvalue weighted by Crippen LogP contribution is -2.56. The average Bonchev–Trinajstić information content (AvgIpc) is 3.47. The van der Waals surface area contributed by atoms with Crippen LogP contribution >= 0.6 is 11.3 Å². The normalized spacial score (nSPS) is 12.5. The molecule has 13 nitrogen and oxygen atoms in total. The van der Waals surface area contributed by atoms with Crippen LogP contribution in [0.3, 0.4) is 0 Å². The van der Waals surface area contributed by atoms with Crippen LogP contribution in [-0.4, -0.2) is 90.7 Å². The smallest absolute Gasteiger partial charge is 0.404 e. The van der Waals surface area contributed by atoms with Gasteiger partial charge in [0.2, 0.25) is 11.8 Å². The van der Waals surface area contributed by atoms with Gasteiger partial charge in [0.1, 0.15) is 6.04 Å². The maximum atomic E-state index is 14.5. The van der Waals surface area contributed by atoms with Crippen LogP contribution in [0, 0.1) is 0 Å². The van der Waals surface area contributed by atoms with Gasteiger partial charge in [-0.2, -0.15) is 0 Å². The van der Waals surface area contributed by atoms with Gasteiger partial charge in [-0.25, -0.2) is 14.6 Å². The highest BCUT2D eigenvalue weighted by atomic mass is 32.1. The number of likely N-dealkylation sites (N-methyl/N-ethyl adjacent to an activating group) is 1. The van der Waals surface area contributed by atoms with Gasteiger partial charge in [-0.15, -0.1) is 11.3 Å². The van der Waals surface area contributed by atoms with E-state index >= 15 is 0 Å². The third-order valence-electron chi connectivity index (χ3n) is 7.53. The quantitative estimate of drug-likeness (QED) is 0.0670. The Morgan fingerprint density at radius 3 is 2.31 bits per heavy atom. The molecule has 2 aromatic carbocycles. The molecule has 3 rings (SSSR count). The lowest BCUT2D eigenvalue weighted by molar-refractivity contribution is -0.179. The maximum absolute atomic E-state index is 14.5. The van der Waals surface area contributed by atoms with Crippen molar-refractivity contribution < 1.29 is 33.8 Å². The summed E-state index contributed by atoms with van der Waals surface area (Å²) in [5.41, 5.74) is 4.51. The molecule has 0 aliphatic rings. The van der Waals surface area contributed by atoms with E-state index in [1.54, 1.807) is 23.3 Å². The van der Waals surface area contributed by atoms with Crippen molar-refractivity contribution in [1.29, 1.82) is 0 Å². The summed E-state index contributed by atoms with van der Waals surface area (Å²) in [6, 6.07) is 15.5. The Morgan fingerprint density at radius 1 is 0.938 bits per heavy atom. The molecule has 0 bridgehead atoms. The van der Waals surface area contributed by atoms with E-state index in [4.69, 9.17) is 14.6 Å². The molecular weight excluding hydrogens is 636 g/mol. The second-order valence-electron chi connectivity index (χ2n) is 11.2. The molecule has 3 aromatic rings. The lowest BCUT2D eigenvalue weighted by Gasteiger charge is -2.36. The number of unbranched alkanes of at least 4 members (excludes halogenated alkanes) is 1. The predicted molar refractivity (Wildman–Crippen MR) is 185 cm³/mol. The van der Waals surface area contributed by atoms with Crippen molar-refractivity contribution in [3.05, 3.63) is 71.1 Å². The van der Waals surface area contributed by atoms with Gasteiger partial charge in [0.05, 0.1) is 12.6 Å². The number of urea groups is 1. The number of rotatable bonds is 20. The SMILES string of the molecule is CCOC(OCC)C(C)N(Cc1csc2ccccc12)C(=O)C(CCCCNC(=O)O)NC(=O)CN(C)NC(=O)NCc1ccccc1. The molecule has 0 fully saturated rings. The molecule has 0 saturated heterocycles. The largest absolute Gasteiger partial charge is 0.465 e. The van der Waals surface area contributed by atoms with E-state index in [0.29, 0.717) is 32.6 Å². The van der Waals surface area contributed by atoms with Crippen molar-refractivity contribution in [3.63, 3.8) is 0 Å². The Hall–Kier alpha value is -4.24. The van der Waals surface area contributed by atoms with E-state index in [1.165, 1.54) is 5.01 Å². The third kappa shape index (κ3) is 12.4. The van der Waals surface area contributed by atoms with E-state index in [-0.39, 0.29) is 32.0 Å². The molecule has 0 aliphatic carbocycles. The molecule has 2 unspecified atom stereocenters. The van der Waals surface area contributed by atoms with Crippen molar-refractivity contribution in [1.82, 2.24) is 31.3 Å². The first-order valence-electron chi connectivity index (χ1n) is 16.2. The highest BCUT2D eigenvalue weighted by Crippen LogP contribution is 2.28. The summed E-state index contributed by atoms with van der Waals surface area (Å²) in [6.45, 7) is 6.93. The summed E-state index contributed by atoms with van der Waals surface area (Å²) in [7, 11) is 1.56. The Labute approximate surface area is 285 Å². The first-order valence-corrected chi connectivity index (χ1v) is 17.0. The van der Waals surface area contributed by atoms with E-state index in [0.717, 1.165) is 21.2 Å². The average molecular weight is 685 g/mol. The first-order chi connectivity index (χ1) is 23.1. The molecule has 5 N–H and O–H groups in total. The fourth-order valence-corrected chi connectivity index (χ4v) is 6.13. The number of ether oxygens (including phenoxy) is 2. The van der Waals surface area contributed by atoms with Gasteiger partial charge in [0.15, 0.2) is 6.29 Å². The monoisotopic (exact) mass is 684 g/mol. The van der Waals surface area contributed by atoms with Crippen LogP contribution in [-0.2, 0) is 32.2 Å². The van der Waals surface area contributed by atoms with Gasteiger partial charge in [-0.3, -0.25) is 15.0 Å². The van der Waals surface area contributed by atoms with Crippen molar-refractivity contribution in [2.75, 3.05) is 33.4 Å². The number of benzene rings is 2. The van der Waals surface area contributed by atoms with Crippen LogP contribution in [0.2, 0.25) is 0 Å². The molecule has 5 amide bonds. The minimum atomic E-state index is -1.12. The summed E-state index contributed by atoms with van der Waals surface area (Å²) >= 11 is 1.59. The summed E-state index contributed by atoms with van der Waals surface area (Å²) in [5.74, 6) is -0.791. The Bertz CT molecular complexity index is 1450. The standard InChI is InChI=1S/C34H48N6O7S/c1-5-46-32(47-6-2)24(3)40(21-26-23-48-29-18-11-10-16-27(26)29)31(42)28(17-12-13-19-35-34(44)45)37-30(41)22-39(4)38-33(43)36-20-25-14-8-7-9-15-25/h7-11,14-16,18,23-24,28,32,35H,5-6,12-13,17,19-22H2,1-4H3,(H,37,41)(H,44,45)(H2,36,38,43). The number of amides is 5. The zero-order chi connectivity index (χ0) is 34.9. The molecule has 48 heavy (non-hydrogen) atoms. The number of carboxylic acid groups (broad SMARTS) is 1. The van der Waals surface area contributed by atoms with E-state index in [9.17, 15) is 19.2 Å². The Balaban J connectivity index is 1.77. The van der Waals surface area contributed by atoms with Crippen LogP contribution in [0.4, 0.5) is 9.59 Å². The van der Waals surface area contributed by atoms with Crippen LogP contribution in [0.5, 0.6) is 0 Å². The summed E-state index contributed by atoms with van der Waals surface area (Å²) in [6.07, 6.45) is -0.617. The topological polar surface area (TPSA) is 162 Å². The number of nitrogens with one attached hydrogen (secondary N) is 4. The number of hydrogen-bond donors (Lipinski definition) is 5. The minimum absolute atomic E-state index is 0.214. The number of carbonyl (C=O) groups excluding carboxylic acids is 3. The van der Waals surface area contributed by atoms with E-state index in [2.05, 4.69) is 21.4 Å². The Morgan fingerprint density at radius 2 is 1.62 bits per heavy atom. The van der Waals surface area contributed by atoms with Crippen LogP contribution in [0.1, 0.15) is 51.2 Å². The Kier molecular flexibility index (Phi) is 16.1. The highest BCUT2D eigenvalue weighted by Gasteiger charge is 2.34. The van der Waals surface area contributed by atoms with E-state index in [1.807, 2.05) is 80.7 Å². The molecule has 0 radical (unpaired) electrons. The van der Waals surface area contributed by atoms with Gasteiger partial charge < -0.3 is 35.4 Å². The molecule has 1 heterocycles. The number of nitrogens with zero attached hydrogens (tertiary/aromatic N) is 2. The second kappa shape index (κ2) is 20.2. The number of hydrazine groups is 1. The molecule has 0 spiro atoms. The number of carbonyl (C=O) groups is 4. The van der Waals surface area contributed by atoms with E-state index < -0.39 is 36.4 Å². The van der Waals surface area contributed by atoms with Crippen LogP contribution in [0.15, 0.2) is 60.0 Å². The number of fused-ring (bicyclic) bond motifs is 1. The van der Waals surface area contributed by atoms with Gasteiger partial charge in [0.25, 0.3) is 0 Å². The molecular formula is C34H48N6O7S. The third-order valence-corrected chi connectivity index (χ3v) is 8.54. The summed E-state index contributed by atoms with van der Waals surface area (Å²) in [5, 5.41) is 21.3. The lowest BCUT2D eigenvalue weighted by atomic mass is 10.0. The van der Waals surface area contributed by atoms with Crippen molar-refractivity contribution >= 4 is 45.4 Å². The van der Waals surface area contributed by atoms with Gasteiger partial charge in [-0.05, 0) is 68.0 Å². The zero-order valence-electron chi connectivity index (χ0n) is 28.1. The molecule has 0 saturated carbocycles. The predicted octanol–water partition coefficient (Wildman–Crippen LogP) is 4.29. The molecule has 2 atom stereocenters. The van der Waals surface area contributed by atoms with Crippen molar-refractivity contribution in [3.8, 4) is 0 Å². The fourth-order valence-electron chi connectivity index (χ4n) is 5.18. The number of thiophene rings is 1. The molecule has 1 aromatic heterocycles. The first kappa shape index (κ1) is 38.2. The highest BCUT2D eigenvalue weighted by molar-refractivity contribution is 7.17. The number of hydrogen-bond acceptors (Lipinski definition) is 8. The van der Waals surface area contributed by atoms with Gasteiger partial charge in [-0.1, -0.05) is 48.5 Å².